The van der Waals surface area contributed by atoms with Crippen LogP contribution < -0.4 is 5.32 Å². The highest BCUT2D eigenvalue weighted by Crippen LogP contribution is 2.19. The molecule has 4 nitrogen and oxygen atoms in total. The van der Waals surface area contributed by atoms with Gasteiger partial charge in [0.2, 0.25) is 0 Å². The first-order chi connectivity index (χ1) is 8.06. The van der Waals surface area contributed by atoms with Crippen LogP contribution in [-0.2, 0) is 9.53 Å². The molecule has 2 N–H and O–H groups in total. The average molecular weight is 243 g/mol. The van der Waals surface area contributed by atoms with E-state index in [-0.39, 0.29) is 30.1 Å². The molecule has 100 valence electrons. The Bertz CT molecular complexity index is 245. The van der Waals surface area contributed by atoms with Gasteiger partial charge in [0, 0.05) is 12.1 Å². The highest BCUT2D eigenvalue weighted by Gasteiger charge is 2.27. The van der Waals surface area contributed by atoms with E-state index in [4.69, 9.17) is 4.74 Å². The first-order valence-corrected chi connectivity index (χ1v) is 6.58. The number of esters is 1. The molecule has 1 aliphatic rings. The van der Waals surface area contributed by atoms with E-state index in [1.165, 1.54) is 13.5 Å². The third-order valence-corrected chi connectivity index (χ3v) is 3.78. The molecule has 0 spiro atoms. The Labute approximate surface area is 104 Å². The number of aliphatic hydroxyl groups excluding tert-OH is 1. The molecule has 4 heteroatoms. The van der Waals surface area contributed by atoms with Crippen LogP contribution >= 0.6 is 0 Å². The molecule has 0 saturated heterocycles. The SMILES string of the molecule is COC(=O)C(C)C(C)NC1CCCCCC1O. The number of rotatable bonds is 4. The maximum atomic E-state index is 11.4. The predicted octanol–water partition coefficient (Wildman–Crippen LogP) is 1.47. The van der Waals surface area contributed by atoms with Crippen LogP contribution in [0.1, 0.15) is 46.0 Å². The van der Waals surface area contributed by atoms with Gasteiger partial charge in [0.15, 0.2) is 0 Å². The molecule has 0 radical (unpaired) electrons. The monoisotopic (exact) mass is 243 g/mol. The summed E-state index contributed by atoms with van der Waals surface area (Å²) in [6.07, 6.45) is 4.99. The van der Waals surface area contributed by atoms with Crippen molar-refractivity contribution in [1.29, 1.82) is 0 Å². The number of aliphatic hydroxyl groups is 1. The van der Waals surface area contributed by atoms with E-state index in [1.807, 2.05) is 13.8 Å². The topological polar surface area (TPSA) is 58.6 Å². The molecular formula is C13H25NO3. The van der Waals surface area contributed by atoms with Gasteiger partial charge in [-0.3, -0.25) is 4.79 Å². The summed E-state index contributed by atoms with van der Waals surface area (Å²) >= 11 is 0. The zero-order valence-electron chi connectivity index (χ0n) is 11.1. The highest BCUT2D eigenvalue weighted by atomic mass is 16.5. The first kappa shape index (κ1) is 14.5. The fraction of sp³-hybridized carbons (Fsp3) is 0.923. The van der Waals surface area contributed by atoms with Crippen LogP contribution in [0.5, 0.6) is 0 Å². The van der Waals surface area contributed by atoms with Crippen LogP contribution in [0, 0.1) is 5.92 Å². The molecule has 1 rings (SSSR count). The minimum atomic E-state index is -0.287. The van der Waals surface area contributed by atoms with Gasteiger partial charge in [-0.25, -0.2) is 0 Å². The second kappa shape index (κ2) is 6.97. The molecule has 1 saturated carbocycles. The summed E-state index contributed by atoms with van der Waals surface area (Å²) in [4.78, 5) is 11.4. The number of carbonyl (C=O) groups is 1. The van der Waals surface area contributed by atoms with Crippen LogP contribution in [0.4, 0.5) is 0 Å². The summed E-state index contributed by atoms with van der Waals surface area (Å²) in [5.41, 5.74) is 0. The quantitative estimate of drug-likeness (QED) is 0.580. The molecule has 0 aromatic carbocycles. The van der Waals surface area contributed by atoms with Gasteiger partial charge in [0.05, 0.1) is 19.1 Å². The van der Waals surface area contributed by atoms with Crippen molar-refractivity contribution < 1.29 is 14.6 Å². The van der Waals surface area contributed by atoms with E-state index < -0.39 is 0 Å². The van der Waals surface area contributed by atoms with Crippen LogP contribution in [0.3, 0.4) is 0 Å². The van der Waals surface area contributed by atoms with E-state index in [9.17, 15) is 9.90 Å². The van der Waals surface area contributed by atoms with Crippen molar-refractivity contribution in [3.63, 3.8) is 0 Å². The average Bonchev–Trinajstić information content (AvgIpc) is 2.53. The van der Waals surface area contributed by atoms with E-state index >= 15 is 0 Å². The number of hydrogen-bond acceptors (Lipinski definition) is 4. The maximum Gasteiger partial charge on any atom is 0.309 e. The van der Waals surface area contributed by atoms with E-state index in [0.29, 0.717) is 0 Å². The van der Waals surface area contributed by atoms with Gasteiger partial charge in [-0.2, -0.15) is 0 Å². The zero-order valence-corrected chi connectivity index (χ0v) is 11.1. The summed E-state index contributed by atoms with van der Waals surface area (Å²) in [6, 6.07) is 0.139. The van der Waals surface area contributed by atoms with Crippen molar-refractivity contribution in [2.45, 2.75) is 64.1 Å². The van der Waals surface area contributed by atoms with Gasteiger partial charge in [0.25, 0.3) is 0 Å². The van der Waals surface area contributed by atoms with Crippen LogP contribution in [0.15, 0.2) is 0 Å². The number of hydrogen-bond donors (Lipinski definition) is 2. The summed E-state index contributed by atoms with van der Waals surface area (Å²) in [7, 11) is 1.41. The first-order valence-electron chi connectivity index (χ1n) is 6.58. The second-order valence-electron chi connectivity index (χ2n) is 5.08. The van der Waals surface area contributed by atoms with Crippen molar-refractivity contribution in [3.05, 3.63) is 0 Å². The maximum absolute atomic E-state index is 11.4. The number of methoxy groups -OCH3 is 1. The molecule has 0 heterocycles. The highest BCUT2D eigenvalue weighted by molar-refractivity contribution is 5.72. The smallest absolute Gasteiger partial charge is 0.309 e. The molecular weight excluding hydrogens is 218 g/mol. The second-order valence-corrected chi connectivity index (χ2v) is 5.08. The lowest BCUT2D eigenvalue weighted by atomic mass is 9.99. The van der Waals surface area contributed by atoms with E-state index in [0.717, 1.165) is 25.7 Å². The molecule has 4 unspecified atom stereocenters. The molecule has 1 aliphatic carbocycles. The minimum Gasteiger partial charge on any atom is -0.469 e. The van der Waals surface area contributed by atoms with Crippen molar-refractivity contribution in [3.8, 4) is 0 Å². The summed E-state index contributed by atoms with van der Waals surface area (Å²) < 4.78 is 4.73. The van der Waals surface area contributed by atoms with Crippen LogP contribution in [0.2, 0.25) is 0 Å². The van der Waals surface area contributed by atoms with E-state index in [2.05, 4.69) is 5.32 Å². The summed E-state index contributed by atoms with van der Waals surface area (Å²) in [6.45, 7) is 3.83. The standard InChI is InChI=1S/C13H25NO3/c1-9(13(16)17-3)10(2)14-11-7-5-4-6-8-12(11)15/h9-12,14-15H,4-8H2,1-3H3. The molecule has 4 atom stereocenters. The van der Waals surface area contributed by atoms with Crippen LogP contribution in [0.25, 0.3) is 0 Å². The summed E-state index contributed by atoms with van der Waals surface area (Å²) in [5.74, 6) is -0.386. The molecule has 0 aliphatic heterocycles. The lowest BCUT2D eigenvalue weighted by molar-refractivity contribution is -0.145. The van der Waals surface area contributed by atoms with Gasteiger partial charge in [-0.1, -0.05) is 26.2 Å². The lowest BCUT2D eigenvalue weighted by Gasteiger charge is -2.28. The third kappa shape index (κ3) is 4.28. The van der Waals surface area contributed by atoms with Crippen molar-refractivity contribution in [2.75, 3.05) is 7.11 Å². The molecule has 1 fully saturated rings. The normalized spacial score (nSPS) is 29.2. The fourth-order valence-electron chi connectivity index (χ4n) is 2.35. The Morgan fingerprint density at radius 2 is 1.94 bits per heavy atom. The van der Waals surface area contributed by atoms with Gasteiger partial charge in [0.1, 0.15) is 0 Å². The number of nitrogens with one attached hydrogen (secondary N) is 1. The molecule has 0 bridgehead atoms. The van der Waals surface area contributed by atoms with Crippen LogP contribution in [-0.4, -0.2) is 36.4 Å². The largest absolute Gasteiger partial charge is 0.469 e. The Morgan fingerprint density at radius 3 is 2.59 bits per heavy atom. The third-order valence-electron chi connectivity index (χ3n) is 3.78. The van der Waals surface area contributed by atoms with Gasteiger partial charge < -0.3 is 15.2 Å². The predicted molar refractivity (Wildman–Crippen MR) is 66.7 cm³/mol. The Balaban J connectivity index is 2.48. The van der Waals surface area contributed by atoms with Crippen molar-refractivity contribution in [1.82, 2.24) is 5.32 Å². The summed E-state index contributed by atoms with van der Waals surface area (Å²) in [5, 5.41) is 13.4. The van der Waals surface area contributed by atoms with Gasteiger partial charge >= 0.3 is 5.97 Å². The lowest BCUT2D eigenvalue weighted by Crippen LogP contribution is -2.47. The molecule has 17 heavy (non-hydrogen) atoms. The van der Waals surface area contributed by atoms with E-state index in [1.54, 1.807) is 0 Å². The molecule has 0 amide bonds. The minimum absolute atomic E-state index is 0.0280. The number of ether oxygens (including phenoxy) is 1. The van der Waals surface area contributed by atoms with Gasteiger partial charge in [-0.05, 0) is 19.8 Å². The Hall–Kier alpha value is -0.610. The fourth-order valence-corrected chi connectivity index (χ4v) is 2.35. The molecule has 0 aromatic rings. The Morgan fingerprint density at radius 1 is 1.29 bits per heavy atom. The van der Waals surface area contributed by atoms with Gasteiger partial charge in [-0.15, -0.1) is 0 Å². The Kier molecular flexibility index (Phi) is 5.92. The van der Waals surface area contributed by atoms with Crippen molar-refractivity contribution in [2.24, 2.45) is 5.92 Å². The molecule has 0 aromatic heterocycles. The number of carbonyl (C=O) groups excluding carboxylic acids is 1. The van der Waals surface area contributed by atoms with Crippen molar-refractivity contribution >= 4 is 5.97 Å². The zero-order chi connectivity index (χ0) is 12.8.